The second-order valence-corrected chi connectivity index (χ2v) is 8.60. The molecule has 0 radical (unpaired) electrons. The summed E-state index contributed by atoms with van der Waals surface area (Å²) in [6, 6.07) is 8.54. The van der Waals surface area contributed by atoms with E-state index in [0.717, 1.165) is 25.9 Å². The lowest BCUT2D eigenvalue weighted by Gasteiger charge is -2.27. The van der Waals surface area contributed by atoms with Crippen LogP contribution in [0.4, 0.5) is 0 Å². The molecule has 2 heterocycles. The van der Waals surface area contributed by atoms with Crippen LogP contribution in [-0.2, 0) is 15.0 Å². The van der Waals surface area contributed by atoms with E-state index in [1.54, 1.807) is 4.90 Å². The summed E-state index contributed by atoms with van der Waals surface area (Å²) in [4.78, 5) is 29.2. The Kier molecular flexibility index (Phi) is 4.58. The van der Waals surface area contributed by atoms with Crippen LogP contribution in [-0.4, -0.2) is 60.9 Å². The van der Waals surface area contributed by atoms with Crippen molar-refractivity contribution in [1.29, 1.82) is 0 Å². The number of carbonyl (C=O) groups is 2. The highest BCUT2D eigenvalue weighted by atomic mass is 16.2. The average Bonchev–Trinajstić information content (AvgIpc) is 3.23. The number of amides is 2. The molecular formula is C22H29N3O2. The highest BCUT2D eigenvalue weighted by Crippen LogP contribution is 2.58. The van der Waals surface area contributed by atoms with Crippen molar-refractivity contribution in [2.75, 3.05) is 33.2 Å². The van der Waals surface area contributed by atoms with Crippen LogP contribution in [0.25, 0.3) is 0 Å². The lowest BCUT2D eigenvalue weighted by molar-refractivity contribution is -0.145. The van der Waals surface area contributed by atoms with E-state index in [9.17, 15) is 9.59 Å². The van der Waals surface area contributed by atoms with Gasteiger partial charge in [0.25, 0.3) is 0 Å². The van der Waals surface area contributed by atoms with Crippen LogP contribution in [0.1, 0.15) is 30.9 Å². The first-order valence-corrected chi connectivity index (χ1v) is 9.93. The summed E-state index contributed by atoms with van der Waals surface area (Å²) in [5.41, 5.74) is 3.84. The summed E-state index contributed by atoms with van der Waals surface area (Å²) >= 11 is 0. The van der Waals surface area contributed by atoms with Crippen molar-refractivity contribution in [2.24, 2.45) is 5.92 Å². The molecule has 1 aromatic rings. The van der Waals surface area contributed by atoms with Crippen molar-refractivity contribution in [3.8, 4) is 0 Å². The molecule has 2 amide bonds. The van der Waals surface area contributed by atoms with Crippen molar-refractivity contribution in [1.82, 2.24) is 15.1 Å². The van der Waals surface area contributed by atoms with Crippen LogP contribution in [0, 0.1) is 12.8 Å². The molecule has 27 heavy (non-hydrogen) atoms. The van der Waals surface area contributed by atoms with Gasteiger partial charge in [-0.25, -0.2) is 0 Å². The maximum atomic E-state index is 12.7. The molecule has 3 aliphatic rings. The number of rotatable bonds is 3. The minimum atomic E-state index is -0.470. The number of likely N-dealkylation sites (N-methyl/N-ethyl adjacent to an activating group) is 1. The molecule has 5 nitrogen and oxygen atoms in total. The molecule has 1 aliphatic carbocycles. The van der Waals surface area contributed by atoms with E-state index in [4.69, 9.17) is 0 Å². The maximum Gasteiger partial charge on any atom is 0.311 e. The van der Waals surface area contributed by atoms with E-state index < -0.39 is 5.91 Å². The Labute approximate surface area is 161 Å². The zero-order valence-corrected chi connectivity index (χ0v) is 16.5. The Balaban J connectivity index is 1.36. The molecule has 4 rings (SSSR count). The number of fused-ring (bicyclic) bond motifs is 1. The van der Waals surface area contributed by atoms with Gasteiger partial charge in [0, 0.05) is 37.6 Å². The van der Waals surface area contributed by atoms with Crippen LogP contribution in [0.3, 0.4) is 0 Å². The Morgan fingerprint density at radius 1 is 1.26 bits per heavy atom. The molecule has 2 fully saturated rings. The van der Waals surface area contributed by atoms with Crippen LogP contribution < -0.4 is 5.32 Å². The number of piperidine rings is 1. The normalized spacial score (nSPS) is 28.3. The van der Waals surface area contributed by atoms with Gasteiger partial charge in [0.15, 0.2) is 0 Å². The Morgan fingerprint density at radius 3 is 2.67 bits per heavy atom. The highest BCUT2D eigenvalue weighted by molar-refractivity contribution is 6.35. The van der Waals surface area contributed by atoms with E-state index in [1.165, 1.54) is 16.7 Å². The predicted molar refractivity (Wildman–Crippen MR) is 105 cm³/mol. The quantitative estimate of drug-likeness (QED) is 0.655. The smallest absolute Gasteiger partial charge is 0.311 e. The molecular weight excluding hydrogens is 338 g/mol. The molecule has 5 heteroatoms. The highest BCUT2D eigenvalue weighted by Gasteiger charge is 2.61. The topological polar surface area (TPSA) is 52.7 Å². The van der Waals surface area contributed by atoms with E-state index in [2.05, 4.69) is 54.5 Å². The number of likely N-dealkylation sites (tertiary alicyclic amines) is 1. The van der Waals surface area contributed by atoms with Crippen LogP contribution >= 0.6 is 0 Å². The molecule has 0 aromatic heterocycles. The summed E-state index contributed by atoms with van der Waals surface area (Å²) in [5.74, 6) is -0.359. The molecule has 0 bridgehead atoms. The molecule has 144 valence electrons. The monoisotopic (exact) mass is 367 g/mol. The average molecular weight is 367 g/mol. The van der Waals surface area contributed by atoms with Gasteiger partial charge >= 0.3 is 11.8 Å². The second kappa shape index (κ2) is 6.79. The van der Waals surface area contributed by atoms with Crippen molar-refractivity contribution < 1.29 is 9.59 Å². The summed E-state index contributed by atoms with van der Waals surface area (Å²) in [6.45, 7) is 7.30. The maximum absolute atomic E-state index is 12.7. The van der Waals surface area contributed by atoms with Gasteiger partial charge in [0.2, 0.25) is 0 Å². The Morgan fingerprint density at radius 2 is 2.00 bits per heavy atom. The van der Waals surface area contributed by atoms with Crippen molar-refractivity contribution in [3.05, 3.63) is 47.0 Å². The third-order valence-corrected chi connectivity index (χ3v) is 6.60. The first kappa shape index (κ1) is 18.2. The van der Waals surface area contributed by atoms with Crippen molar-refractivity contribution >= 4 is 11.8 Å². The summed E-state index contributed by atoms with van der Waals surface area (Å²) < 4.78 is 0. The fraction of sp³-hybridized carbons (Fsp3) is 0.545. The number of nitrogens with one attached hydrogen (secondary N) is 1. The summed E-state index contributed by atoms with van der Waals surface area (Å²) in [6.07, 6.45) is 4.23. The van der Waals surface area contributed by atoms with Gasteiger partial charge in [-0.2, -0.15) is 0 Å². The fourth-order valence-electron chi connectivity index (χ4n) is 4.64. The van der Waals surface area contributed by atoms with E-state index in [-0.39, 0.29) is 17.4 Å². The minimum Gasteiger partial charge on any atom is -0.342 e. The van der Waals surface area contributed by atoms with Crippen LogP contribution in [0.15, 0.2) is 35.9 Å². The zero-order valence-electron chi connectivity index (χ0n) is 16.5. The number of hydrogen-bond acceptors (Lipinski definition) is 3. The van der Waals surface area contributed by atoms with Gasteiger partial charge in [-0.1, -0.05) is 35.9 Å². The Bertz CT molecular complexity index is 785. The van der Waals surface area contributed by atoms with Crippen molar-refractivity contribution in [2.45, 2.75) is 38.1 Å². The predicted octanol–water partition coefficient (Wildman–Crippen LogP) is 1.86. The number of nitrogens with zero attached hydrogens (tertiary/aromatic N) is 2. The molecule has 1 N–H and O–H groups in total. The zero-order chi connectivity index (χ0) is 19.2. The van der Waals surface area contributed by atoms with Crippen LogP contribution in [0.5, 0.6) is 0 Å². The van der Waals surface area contributed by atoms with Gasteiger partial charge in [-0.3, -0.25) is 9.59 Å². The largest absolute Gasteiger partial charge is 0.342 e. The summed E-state index contributed by atoms with van der Waals surface area (Å²) in [5, 5.41) is 2.91. The van der Waals surface area contributed by atoms with Gasteiger partial charge in [-0.05, 0) is 50.8 Å². The first-order valence-electron chi connectivity index (χ1n) is 9.93. The fourth-order valence-corrected chi connectivity index (χ4v) is 4.64. The lowest BCUT2D eigenvalue weighted by Crippen LogP contribution is -2.47. The van der Waals surface area contributed by atoms with E-state index in [1.807, 2.05) is 6.92 Å². The lowest BCUT2D eigenvalue weighted by atomic mass is 9.94. The van der Waals surface area contributed by atoms with Gasteiger partial charge in [-0.15, -0.1) is 0 Å². The van der Waals surface area contributed by atoms with E-state index >= 15 is 0 Å². The minimum absolute atomic E-state index is 0.0751. The summed E-state index contributed by atoms with van der Waals surface area (Å²) in [7, 11) is 2.09. The van der Waals surface area contributed by atoms with Gasteiger partial charge < -0.3 is 15.1 Å². The molecule has 1 aromatic carbocycles. The second-order valence-electron chi connectivity index (χ2n) is 8.60. The Hall–Kier alpha value is -2.14. The molecule has 1 saturated carbocycles. The third kappa shape index (κ3) is 3.41. The van der Waals surface area contributed by atoms with Gasteiger partial charge in [0.05, 0.1) is 0 Å². The number of hydrogen-bond donors (Lipinski definition) is 1. The first-order chi connectivity index (χ1) is 12.9. The van der Waals surface area contributed by atoms with Gasteiger partial charge in [0.1, 0.15) is 0 Å². The van der Waals surface area contributed by atoms with Crippen molar-refractivity contribution in [3.63, 3.8) is 0 Å². The molecule has 2 aliphatic heterocycles. The number of aryl methyl sites for hydroxylation is 1. The van der Waals surface area contributed by atoms with E-state index in [0.29, 0.717) is 19.0 Å². The molecule has 1 saturated heterocycles. The third-order valence-electron chi connectivity index (χ3n) is 6.60. The molecule has 3 atom stereocenters. The SMILES string of the molecule is Cc1ccc([C@]23C[C@H]2CN(C(=O)C(=O)NC(C)C2=CCN(C)CC2)C3)cc1. The molecule has 0 spiro atoms. The standard InChI is InChI=1S/C22H29N3O2/c1-15-4-6-18(7-5-15)22-12-19(22)13-25(14-22)21(27)20(26)23-16(2)17-8-10-24(3)11-9-17/h4-8,16,19H,9-14H2,1-3H3,(H,23,26)/t16?,19-,22+/m0/s1. The molecule has 1 unspecified atom stereocenters. The van der Waals surface area contributed by atoms with Crippen LogP contribution in [0.2, 0.25) is 0 Å². The number of carbonyl (C=O) groups excluding carboxylic acids is 2. The number of benzene rings is 1.